The molecule has 0 unspecified atom stereocenters. The lowest BCUT2D eigenvalue weighted by molar-refractivity contribution is 0.0693. The number of amides is 2. The average Bonchev–Trinajstić information content (AvgIpc) is 2.66. The molecule has 0 bridgehead atoms. The minimum Gasteiger partial charge on any atom is -0.349 e. The Balaban J connectivity index is 1.60. The average molecular weight is 398 g/mol. The quantitative estimate of drug-likeness (QED) is 0.636. The van der Waals surface area contributed by atoms with Gasteiger partial charge in [0.1, 0.15) is 11.6 Å². The third kappa shape index (κ3) is 3.97. The van der Waals surface area contributed by atoms with E-state index in [0.717, 1.165) is 18.2 Å². The third-order valence-corrected chi connectivity index (χ3v) is 4.56. The number of rotatable bonds is 3. The van der Waals surface area contributed by atoms with Gasteiger partial charge in [0.15, 0.2) is 17.5 Å². The van der Waals surface area contributed by atoms with Crippen molar-refractivity contribution in [1.29, 1.82) is 0 Å². The molecule has 2 aromatic carbocycles. The number of nitrogens with one attached hydrogen (secondary N) is 1. The Bertz CT molecular complexity index is 927. The van der Waals surface area contributed by atoms with Crippen molar-refractivity contribution >= 4 is 11.8 Å². The fraction of sp³-hybridized carbons (Fsp3) is 0.263. The molecule has 0 aliphatic carbocycles. The molecule has 28 heavy (non-hydrogen) atoms. The van der Waals surface area contributed by atoms with Crippen molar-refractivity contribution in [1.82, 2.24) is 10.2 Å². The maximum absolute atomic E-state index is 13.8. The Morgan fingerprint density at radius 2 is 1.50 bits per heavy atom. The molecule has 0 saturated carbocycles. The number of hydrogen-bond acceptors (Lipinski definition) is 2. The van der Waals surface area contributed by atoms with Crippen LogP contribution in [0.25, 0.3) is 0 Å². The van der Waals surface area contributed by atoms with Crippen LogP contribution in [0.15, 0.2) is 30.3 Å². The monoisotopic (exact) mass is 398 g/mol. The number of nitrogens with zero attached hydrogens (tertiary/aromatic N) is 1. The van der Waals surface area contributed by atoms with Gasteiger partial charge in [0.25, 0.3) is 11.8 Å². The number of halogens is 5. The van der Waals surface area contributed by atoms with E-state index < -0.39 is 52.5 Å². The highest BCUT2D eigenvalue weighted by Gasteiger charge is 2.27. The Morgan fingerprint density at radius 3 is 2.14 bits per heavy atom. The first kappa shape index (κ1) is 19.8. The fourth-order valence-corrected chi connectivity index (χ4v) is 3.02. The normalized spacial score (nSPS) is 14.8. The first-order valence-electron chi connectivity index (χ1n) is 8.46. The van der Waals surface area contributed by atoms with Crippen LogP contribution in [0.4, 0.5) is 22.0 Å². The first-order valence-corrected chi connectivity index (χ1v) is 8.46. The van der Waals surface area contributed by atoms with Crippen molar-refractivity contribution in [2.75, 3.05) is 13.1 Å². The lowest BCUT2D eigenvalue weighted by Gasteiger charge is -2.32. The van der Waals surface area contributed by atoms with Gasteiger partial charge in [0, 0.05) is 25.2 Å². The van der Waals surface area contributed by atoms with Crippen molar-refractivity contribution < 1.29 is 31.5 Å². The van der Waals surface area contributed by atoms with Crippen LogP contribution in [-0.2, 0) is 0 Å². The number of likely N-dealkylation sites (tertiary alicyclic amines) is 1. The van der Waals surface area contributed by atoms with Crippen molar-refractivity contribution in [3.63, 3.8) is 0 Å². The predicted octanol–water partition coefficient (Wildman–Crippen LogP) is 3.42. The molecule has 3 rings (SSSR count). The lowest BCUT2D eigenvalue weighted by atomic mass is 10.0. The molecular weight excluding hydrogens is 383 g/mol. The van der Waals surface area contributed by atoms with Gasteiger partial charge < -0.3 is 10.2 Å². The number of carbonyl (C=O) groups excluding carboxylic acids is 2. The summed E-state index contributed by atoms with van der Waals surface area (Å²) in [6.07, 6.45) is 0.594. The molecule has 0 radical (unpaired) electrons. The zero-order valence-corrected chi connectivity index (χ0v) is 14.4. The van der Waals surface area contributed by atoms with Crippen molar-refractivity contribution in [3.8, 4) is 0 Å². The van der Waals surface area contributed by atoms with Gasteiger partial charge in [0.05, 0.1) is 11.1 Å². The molecule has 0 aromatic heterocycles. The van der Waals surface area contributed by atoms with E-state index in [1.54, 1.807) is 0 Å². The van der Waals surface area contributed by atoms with Crippen LogP contribution in [-0.4, -0.2) is 35.8 Å². The minimum atomic E-state index is -1.73. The molecule has 2 aromatic rings. The molecule has 1 aliphatic heterocycles. The van der Waals surface area contributed by atoms with Crippen molar-refractivity contribution in [2.45, 2.75) is 18.9 Å². The Kier molecular flexibility index (Phi) is 5.62. The van der Waals surface area contributed by atoms with Gasteiger partial charge in [0.2, 0.25) is 0 Å². The molecule has 148 valence electrons. The second kappa shape index (κ2) is 7.95. The summed E-state index contributed by atoms with van der Waals surface area (Å²) < 4.78 is 66.6. The summed E-state index contributed by atoms with van der Waals surface area (Å²) >= 11 is 0. The Morgan fingerprint density at radius 1 is 0.857 bits per heavy atom. The summed E-state index contributed by atoms with van der Waals surface area (Å²) in [5, 5.41) is 2.51. The number of hydrogen-bond donors (Lipinski definition) is 1. The zero-order valence-electron chi connectivity index (χ0n) is 14.4. The Labute approximate surface area is 156 Å². The number of carbonyl (C=O) groups is 2. The van der Waals surface area contributed by atoms with E-state index in [1.165, 1.54) is 4.90 Å². The molecule has 1 aliphatic rings. The molecule has 1 fully saturated rings. The van der Waals surface area contributed by atoms with Crippen molar-refractivity contribution in [3.05, 3.63) is 70.5 Å². The SMILES string of the molecule is O=C(NC1CCN(C(=O)c2ccc(F)cc2F)CC1)c1ccc(F)c(F)c1F. The molecule has 1 heterocycles. The summed E-state index contributed by atoms with van der Waals surface area (Å²) in [5.74, 6) is -7.95. The van der Waals surface area contributed by atoms with Crippen molar-refractivity contribution in [2.24, 2.45) is 0 Å². The molecule has 9 heteroatoms. The van der Waals surface area contributed by atoms with Crippen LogP contribution >= 0.6 is 0 Å². The summed E-state index contributed by atoms with van der Waals surface area (Å²) in [7, 11) is 0. The predicted molar refractivity (Wildman–Crippen MR) is 89.1 cm³/mol. The molecule has 1 N–H and O–H groups in total. The molecule has 2 amide bonds. The second-order valence-corrected chi connectivity index (χ2v) is 6.39. The summed E-state index contributed by atoms with van der Waals surface area (Å²) in [6, 6.07) is 3.75. The second-order valence-electron chi connectivity index (χ2n) is 6.39. The van der Waals surface area contributed by atoms with E-state index in [9.17, 15) is 31.5 Å². The van der Waals surface area contributed by atoms with Gasteiger partial charge in [-0.1, -0.05) is 0 Å². The molecular formula is C19H15F5N2O2. The van der Waals surface area contributed by atoms with E-state index in [2.05, 4.69) is 5.32 Å². The first-order chi connectivity index (χ1) is 13.3. The molecule has 0 atom stereocenters. The zero-order chi connectivity index (χ0) is 20.4. The highest BCUT2D eigenvalue weighted by atomic mass is 19.2. The van der Waals surface area contributed by atoms with Crippen LogP contribution in [0.5, 0.6) is 0 Å². The third-order valence-electron chi connectivity index (χ3n) is 4.56. The topological polar surface area (TPSA) is 49.4 Å². The Hall–Kier alpha value is -2.97. The van der Waals surface area contributed by atoms with E-state index in [0.29, 0.717) is 25.0 Å². The molecule has 0 spiro atoms. The van der Waals surface area contributed by atoms with Gasteiger partial charge in [-0.15, -0.1) is 0 Å². The van der Waals surface area contributed by atoms with Crippen LogP contribution in [0.1, 0.15) is 33.6 Å². The molecule has 1 saturated heterocycles. The highest BCUT2D eigenvalue weighted by molar-refractivity contribution is 5.95. The van der Waals surface area contributed by atoms with Gasteiger partial charge in [-0.05, 0) is 37.1 Å². The van der Waals surface area contributed by atoms with Crippen LogP contribution < -0.4 is 5.32 Å². The maximum atomic E-state index is 13.8. The van der Waals surface area contributed by atoms with Gasteiger partial charge >= 0.3 is 0 Å². The van der Waals surface area contributed by atoms with Gasteiger partial charge in [-0.25, -0.2) is 22.0 Å². The van der Waals surface area contributed by atoms with E-state index >= 15 is 0 Å². The maximum Gasteiger partial charge on any atom is 0.256 e. The van der Waals surface area contributed by atoms with Crippen LogP contribution in [0.2, 0.25) is 0 Å². The summed E-state index contributed by atoms with van der Waals surface area (Å²) in [4.78, 5) is 25.8. The molecule has 4 nitrogen and oxygen atoms in total. The number of piperidine rings is 1. The minimum absolute atomic E-state index is 0.181. The summed E-state index contributed by atoms with van der Waals surface area (Å²) in [5.41, 5.74) is -0.876. The fourth-order valence-electron chi connectivity index (χ4n) is 3.02. The van der Waals surface area contributed by atoms with E-state index in [-0.39, 0.29) is 18.7 Å². The van der Waals surface area contributed by atoms with E-state index in [4.69, 9.17) is 0 Å². The number of benzene rings is 2. The van der Waals surface area contributed by atoms with E-state index in [1.807, 2.05) is 0 Å². The highest BCUT2D eigenvalue weighted by Crippen LogP contribution is 2.19. The van der Waals surface area contributed by atoms with Gasteiger partial charge in [-0.2, -0.15) is 0 Å². The smallest absolute Gasteiger partial charge is 0.256 e. The van der Waals surface area contributed by atoms with Crippen LogP contribution in [0.3, 0.4) is 0 Å². The van der Waals surface area contributed by atoms with Crippen LogP contribution in [0, 0.1) is 29.1 Å². The summed E-state index contributed by atoms with van der Waals surface area (Å²) in [6.45, 7) is 0.363. The standard InChI is InChI=1S/C19H15F5N2O2/c20-10-1-2-12(15(22)9-10)19(28)26-7-5-11(6-8-26)25-18(27)13-3-4-14(21)17(24)16(13)23/h1-4,9,11H,5-8H2,(H,25,27). The lowest BCUT2D eigenvalue weighted by Crippen LogP contribution is -2.46. The van der Waals surface area contributed by atoms with Gasteiger partial charge in [-0.3, -0.25) is 9.59 Å². The largest absolute Gasteiger partial charge is 0.349 e.